The van der Waals surface area contributed by atoms with Gasteiger partial charge in [-0.15, -0.1) is 0 Å². The minimum atomic E-state index is -0.318. The summed E-state index contributed by atoms with van der Waals surface area (Å²) < 4.78 is 0. The lowest BCUT2D eigenvalue weighted by Crippen LogP contribution is -2.35. The lowest BCUT2D eigenvalue weighted by molar-refractivity contribution is 0.228. The number of aromatic hydroxyl groups is 2. The number of likely N-dealkylation sites (N-methyl/N-ethyl adjacent to an activating group) is 1. The molecule has 22 heavy (non-hydrogen) atoms. The molecule has 0 spiro atoms. The van der Waals surface area contributed by atoms with Gasteiger partial charge >= 0.3 is 0 Å². The highest BCUT2D eigenvalue weighted by Gasteiger charge is 2.34. The number of phenolic OH excluding ortho intramolecular Hbond substituents is 2. The highest BCUT2D eigenvalue weighted by molar-refractivity contribution is 5.83. The summed E-state index contributed by atoms with van der Waals surface area (Å²) in [6.07, 6.45) is 1.74. The number of phenols is 2. The van der Waals surface area contributed by atoms with Crippen molar-refractivity contribution in [3.05, 3.63) is 46.5 Å². The Kier molecular flexibility index (Phi) is 2.69. The molecule has 0 unspecified atom stereocenters. The van der Waals surface area contributed by atoms with Gasteiger partial charge in [0.25, 0.3) is 0 Å². The number of benzene rings is 2. The quantitative estimate of drug-likeness (QED) is 0.733. The predicted octanol–water partition coefficient (Wildman–Crippen LogP) is 2.72. The largest absolute Gasteiger partial charge is 0.504 e. The van der Waals surface area contributed by atoms with Crippen LogP contribution in [0.2, 0.25) is 0 Å². The Morgan fingerprint density at radius 3 is 2.82 bits per heavy atom. The molecule has 110 valence electrons. The van der Waals surface area contributed by atoms with Crippen LogP contribution in [0.15, 0.2) is 24.3 Å². The molecule has 2 aromatic carbocycles. The molecular formula is C18H16N2O2. The van der Waals surface area contributed by atoms with Crippen molar-refractivity contribution in [3.8, 4) is 28.7 Å². The van der Waals surface area contributed by atoms with Crippen molar-refractivity contribution in [2.24, 2.45) is 0 Å². The number of nitriles is 1. The fourth-order valence-corrected chi connectivity index (χ4v) is 3.84. The first kappa shape index (κ1) is 13.2. The van der Waals surface area contributed by atoms with Crippen LogP contribution in [0.1, 0.15) is 28.3 Å². The molecule has 2 aliphatic rings. The number of hydrogen-bond acceptors (Lipinski definition) is 4. The third kappa shape index (κ3) is 1.60. The first-order valence-electron chi connectivity index (χ1n) is 7.42. The van der Waals surface area contributed by atoms with Crippen molar-refractivity contribution in [2.45, 2.75) is 18.9 Å². The fourth-order valence-electron chi connectivity index (χ4n) is 3.84. The first-order valence-corrected chi connectivity index (χ1v) is 7.42. The first-order chi connectivity index (χ1) is 10.6. The monoisotopic (exact) mass is 292 g/mol. The molecule has 0 radical (unpaired) electrons. The molecule has 0 saturated heterocycles. The lowest BCUT2D eigenvalue weighted by Gasteiger charge is -2.39. The Balaban J connectivity index is 2.06. The second-order valence-corrected chi connectivity index (χ2v) is 6.10. The number of fused-ring (bicyclic) bond motifs is 2. The van der Waals surface area contributed by atoms with Crippen LogP contribution in [-0.4, -0.2) is 28.7 Å². The highest BCUT2D eigenvalue weighted by Crippen LogP contribution is 2.50. The summed E-state index contributed by atoms with van der Waals surface area (Å²) in [5, 5.41) is 29.6. The predicted molar refractivity (Wildman–Crippen MR) is 82.7 cm³/mol. The zero-order valence-electron chi connectivity index (χ0n) is 12.3. The van der Waals surface area contributed by atoms with E-state index in [-0.39, 0.29) is 23.1 Å². The van der Waals surface area contributed by atoms with Crippen molar-refractivity contribution in [3.63, 3.8) is 0 Å². The van der Waals surface area contributed by atoms with E-state index >= 15 is 0 Å². The molecule has 1 heterocycles. The van der Waals surface area contributed by atoms with Gasteiger partial charge < -0.3 is 10.2 Å². The molecule has 1 atom stereocenters. The van der Waals surface area contributed by atoms with Gasteiger partial charge in [-0.2, -0.15) is 5.26 Å². The third-order valence-corrected chi connectivity index (χ3v) is 4.95. The summed E-state index contributed by atoms with van der Waals surface area (Å²) in [5.74, 6) is -0.490. The van der Waals surface area contributed by atoms with Gasteiger partial charge in [0.1, 0.15) is 6.07 Å². The van der Waals surface area contributed by atoms with Crippen molar-refractivity contribution in [1.29, 1.82) is 5.26 Å². The van der Waals surface area contributed by atoms with E-state index in [1.807, 2.05) is 18.2 Å². The zero-order valence-corrected chi connectivity index (χ0v) is 12.3. The Morgan fingerprint density at radius 2 is 2.05 bits per heavy atom. The Morgan fingerprint density at radius 1 is 1.23 bits per heavy atom. The topological polar surface area (TPSA) is 67.5 Å². The molecule has 0 bridgehead atoms. The van der Waals surface area contributed by atoms with Crippen LogP contribution in [0.3, 0.4) is 0 Å². The molecule has 2 N–H and O–H groups in total. The van der Waals surface area contributed by atoms with E-state index < -0.39 is 0 Å². The number of hydrogen-bond donors (Lipinski definition) is 2. The molecule has 1 aliphatic carbocycles. The maximum absolute atomic E-state index is 10.4. The third-order valence-electron chi connectivity index (χ3n) is 4.95. The summed E-state index contributed by atoms with van der Waals surface area (Å²) in [4.78, 5) is 2.32. The molecule has 0 saturated carbocycles. The van der Waals surface area contributed by atoms with E-state index in [9.17, 15) is 10.2 Å². The van der Waals surface area contributed by atoms with Gasteiger partial charge in [0.05, 0.1) is 5.56 Å². The molecule has 1 aliphatic heterocycles. The molecule has 0 fully saturated rings. The standard InChI is InChI=1S/C18H16N2O2/c1-20-6-5-10-3-2-4-13-15(10)14(20)8-11-7-12(9-19)17(21)18(22)16(11)13/h2-4,7,14,21-22H,5-6,8H2,1H3/t14-/m1/s1. The van der Waals surface area contributed by atoms with E-state index in [2.05, 4.69) is 18.0 Å². The molecular weight excluding hydrogens is 276 g/mol. The summed E-state index contributed by atoms with van der Waals surface area (Å²) in [6.45, 7) is 1.01. The van der Waals surface area contributed by atoms with Gasteiger partial charge in [0, 0.05) is 18.2 Å². The van der Waals surface area contributed by atoms with E-state index in [1.165, 1.54) is 11.1 Å². The van der Waals surface area contributed by atoms with Crippen LogP contribution >= 0.6 is 0 Å². The van der Waals surface area contributed by atoms with E-state index in [1.54, 1.807) is 6.07 Å². The molecule has 0 amide bonds. The maximum Gasteiger partial charge on any atom is 0.176 e. The van der Waals surface area contributed by atoms with E-state index in [4.69, 9.17) is 5.26 Å². The maximum atomic E-state index is 10.4. The second kappa shape index (κ2) is 4.49. The van der Waals surface area contributed by atoms with Gasteiger partial charge in [-0.25, -0.2) is 0 Å². The highest BCUT2D eigenvalue weighted by atomic mass is 16.3. The van der Waals surface area contributed by atoms with Crippen molar-refractivity contribution in [2.75, 3.05) is 13.6 Å². The normalized spacial score (nSPS) is 19.2. The van der Waals surface area contributed by atoms with Gasteiger partial charge in [0.15, 0.2) is 11.5 Å². The second-order valence-electron chi connectivity index (χ2n) is 6.10. The van der Waals surface area contributed by atoms with Gasteiger partial charge in [-0.3, -0.25) is 4.90 Å². The Labute approximate surface area is 128 Å². The van der Waals surface area contributed by atoms with Gasteiger partial charge in [0.2, 0.25) is 0 Å². The zero-order chi connectivity index (χ0) is 15.4. The van der Waals surface area contributed by atoms with Crippen molar-refractivity contribution in [1.82, 2.24) is 4.90 Å². The molecule has 4 heteroatoms. The van der Waals surface area contributed by atoms with Crippen LogP contribution < -0.4 is 0 Å². The molecule has 4 nitrogen and oxygen atoms in total. The van der Waals surface area contributed by atoms with Crippen LogP contribution in [-0.2, 0) is 12.8 Å². The average Bonchev–Trinajstić information content (AvgIpc) is 2.53. The van der Waals surface area contributed by atoms with Gasteiger partial charge in [-0.1, -0.05) is 18.2 Å². The SMILES string of the molecule is CN1CCc2cccc3c2[C@H]1Cc1cc(C#N)c(O)c(O)c1-3. The molecule has 0 aromatic heterocycles. The lowest BCUT2D eigenvalue weighted by atomic mass is 9.76. The Hall–Kier alpha value is -2.51. The van der Waals surface area contributed by atoms with Crippen LogP contribution in [0.25, 0.3) is 11.1 Å². The van der Waals surface area contributed by atoms with Crippen molar-refractivity contribution < 1.29 is 10.2 Å². The van der Waals surface area contributed by atoms with Gasteiger partial charge in [-0.05, 0) is 48.2 Å². The summed E-state index contributed by atoms with van der Waals surface area (Å²) in [6, 6.07) is 10.1. The van der Waals surface area contributed by atoms with Crippen molar-refractivity contribution >= 4 is 0 Å². The van der Waals surface area contributed by atoms with Crippen LogP contribution in [0, 0.1) is 11.3 Å². The van der Waals surface area contributed by atoms with E-state index in [0.29, 0.717) is 5.56 Å². The summed E-state index contributed by atoms with van der Waals surface area (Å²) in [5.41, 5.74) is 5.29. The summed E-state index contributed by atoms with van der Waals surface area (Å²) in [7, 11) is 2.11. The molecule has 2 aromatic rings. The number of rotatable bonds is 0. The van der Waals surface area contributed by atoms with Crippen LogP contribution in [0.5, 0.6) is 11.5 Å². The fraction of sp³-hybridized carbons (Fsp3) is 0.278. The smallest absolute Gasteiger partial charge is 0.176 e. The van der Waals surface area contributed by atoms with E-state index in [0.717, 1.165) is 30.5 Å². The molecule has 4 rings (SSSR count). The Bertz CT molecular complexity index is 836. The van der Waals surface area contributed by atoms with Crippen LogP contribution in [0.4, 0.5) is 0 Å². The minimum Gasteiger partial charge on any atom is -0.504 e. The minimum absolute atomic E-state index is 0.134. The average molecular weight is 292 g/mol. The summed E-state index contributed by atoms with van der Waals surface area (Å²) >= 11 is 0. The number of nitrogens with zero attached hydrogens (tertiary/aromatic N) is 2.